The molecule has 0 atom stereocenters. The Bertz CT molecular complexity index is 647. The van der Waals surface area contributed by atoms with Gasteiger partial charge in [0.25, 0.3) is 0 Å². The van der Waals surface area contributed by atoms with Gasteiger partial charge >= 0.3 is 6.03 Å². The minimum absolute atomic E-state index is 0.356. The molecule has 0 saturated heterocycles. The second-order valence-electron chi connectivity index (χ2n) is 4.40. The molecule has 6 heteroatoms. The predicted molar refractivity (Wildman–Crippen MR) is 86.7 cm³/mol. The van der Waals surface area contributed by atoms with E-state index in [4.69, 9.17) is 28.9 Å². The number of urea groups is 1. The van der Waals surface area contributed by atoms with Gasteiger partial charge in [0.05, 0.1) is 10.7 Å². The van der Waals surface area contributed by atoms with Crippen LogP contribution in [0.2, 0.25) is 10.0 Å². The molecule has 2 aromatic carbocycles. The summed E-state index contributed by atoms with van der Waals surface area (Å²) in [5.41, 5.74) is 8.10. The number of nitrogens with one attached hydrogen (secondary N) is 2. The van der Waals surface area contributed by atoms with Crippen LogP contribution in [0.3, 0.4) is 0 Å². The molecule has 0 fully saturated rings. The molecular formula is C15H15Cl2N3O. The van der Waals surface area contributed by atoms with E-state index in [2.05, 4.69) is 10.6 Å². The van der Waals surface area contributed by atoms with Crippen molar-refractivity contribution in [3.05, 3.63) is 63.6 Å². The summed E-state index contributed by atoms with van der Waals surface area (Å²) in [7, 11) is 0. The van der Waals surface area contributed by atoms with Crippen LogP contribution in [0.1, 0.15) is 11.1 Å². The topological polar surface area (TPSA) is 67.1 Å². The van der Waals surface area contributed by atoms with E-state index in [1.807, 2.05) is 24.3 Å². The fourth-order valence-corrected chi connectivity index (χ4v) is 2.20. The SMILES string of the molecule is NCc1ccccc1CNC(=O)Nc1cc(Cl)ccc1Cl. The first-order valence-corrected chi connectivity index (χ1v) is 7.12. The third kappa shape index (κ3) is 4.36. The summed E-state index contributed by atoms with van der Waals surface area (Å²) in [5, 5.41) is 6.35. The molecule has 110 valence electrons. The minimum Gasteiger partial charge on any atom is -0.334 e. The number of amides is 2. The Labute approximate surface area is 133 Å². The summed E-state index contributed by atoms with van der Waals surface area (Å²) in [4.78, 5) is 11.9. The van der Waals surface area contributed by atoms with Gasteiger partial charge in [0.15, 0.2) is 0 Å². The zero-order chi connectivity index (χ0) is 15.2. The number of halogens is 2. The molecule has 4 nitrogen and oxygen atoms in total. The summed E-state index contributed by atoms with van der Waals surface area (Å²) in [6.07, 6.45) is 0. The van der Waals surface area contributed by atoms with Gasteiger partial charge in [-0.3, -0.25) is 0 Å². The van der Waals surface area contributed by atoms with Crippen LogP contribution in [0.5, 0.6) is 0 Å². The first-order valence-electron chi connectivity index (χ1n) is 6.37. The number of carbonyl (C=O) groups is 1. The third-order valence-electron chi connectivity index (χ3n) is 2.95. The third-order valence-corrected chi connectivity index (χ3v) is 3.52. The maximum Gasteiger partial charge on any atom is 0.319 e. The van der Waals surface area contributed by atoms with Gasteiger partial charge < -0.3 is 16.4 Å². The van der Waals surface area contributed by atoms with Crippen molar-refractivity contribution in [1.82, 2.24) is 5.32 Å². The Morgan fingerprint density at radius 2 is 1.81 bits per heavy atom. The Balaban J connectivity index is 1.97. The van der Waals surface area contributed by atoms with E-state index < -0.39 is 0 Å². The second-order valence-corrected chi connectivity index (χ2v) is 5.25. The van der Waals surface area contributed by atoms with E-state index >= 15 is 0 Å². The van der Waals surface area contributed by atoms with E-state index in [0.29, 0.717) is 28.8 Å². The van der Waals surface area contributed by atoms with Crippen LogP contribution in [-0.2, 0) is 13.1 Å². The fraction of sp³-hybridized carbons (Fsp3) is 0.133. The largest absolute Gasteiger partial charge is 0.334 e. The summed E-state index contributed by atoms with van der Waals surface area (Å²) in [5.74, 6) is 0. The molecule has 0 radical (unpaired) electrons. The van der Waals surface area contributed by atoms with Crippen LogP contribution in [0.4, 0.5) is 10.5 Å². The van der Waals surface area contributed by atoms with Crippen molar-refractivity contribution in [2.24, 2.45) is 5.73 Å². The van der Waals surface area contributed by atoms with Crippen LogP contribution in [0, 0.1) is 0 Å². The van der Waals surface area contributed by atoms with Crippen molar-refractivity contribution in [2.75, 3.05) is 5.32 Å². The maximum absolute atomic E-state index is 11.9. The van der Waals surface area contributed by atoms with Crippen LogP contribution < -0.4 is 16.4 Å². The number of carbonyl (C=O) groups excluding carboxylic acids is 1. The highest BCUT2D eigenvalue weighted by molar-refractivity contribution is 6.35. The number of rotatable bonds is 4. The van der Waals surface area contributed by atoms with E-state index in [0.717, 1.165) is 11.1 Å². The van der Waals surface area contributed by atoms with Crippen molar-refractivity contribution >= 4 is 34.9 Å². The highest BCUT2D eigenvalue weighted by Crippen LogP contribution is 2.25. The molecule has 0 aromatic heterocycles. The maximum atomic E-state index is 11.9. The zero-order valence-electron chi connectivity index (χ0n) is 11.2. The van der Waals surface area contributed by atoms with Gasteiger partial charge in [0.2, 0.25) is 0 Å². The number of nitrogens with two attached hydrogens (primary N) is 1. The molecule has 0 aliphatic rings. The molecule has 0 heterocycles. The lowest BCUT2D eigenvalue weighted by Gasteiger charge is -2.11. The summed E-state index contributed by atoms with van der Waals surface area (Å²) in [6.45, 7) is 0.816. The van der Waals surface area contributed by atoms with Gasteiger partial charge in [-0.2, -0.15) is 0 Å². The molecule has 2 rings (SSSR count). The van der Waals surface area contributed by atoms with Gasteiger partial charge in [0, 0.05) is 18.1 Å². The monoisotopic (exact) mass is 323 g/mol. The molecule has 0 saturated carbocycles. The lowest BCUT2D eigenvalue weighted by molar-refractivity contribution is 0.251. The molecular weight excluding hydrogens is 309 g/mol. The molecule has 0 aliphatic heterocycles. The van der Waals surface area contributed by atoms with Gasteiger partial charge in [-0.25, -0.2) is 4.79 Å². The summed E-state index contributed by atoms with van der Waals surface area (Å²) < 4.78 is 0. The van der Waals surface area contributed by atoms with E-state index in [1.165, 1.54) is 0 Å². The van der Waals surface area contributed by atoms with E-state index in [9.17, 15) is 4.79 Å². The highest BCUT2D eigenvalue weighted by atomic mass is 35.5. The molecule has 0 spiro atoms. The number of anilines is 1. The van der Waals surface area contributed by atoms with Crippen LogP contribution in [0.25, 0.3) is 0 Å². The summed E-state index contributed by atoms with van der Waals surface area (Å²) >= 11 is 11.9. The fourth-order valence-electron chi connectivity index (χ4n) is 1.86. The van der Waals surface area contributed by atoms with Crippen molar-refractivity contribution in [1.29, 1.82) is 0 Å². The zero-order valence-corrected chi connectivity index (χ0v) is 12.7. The second kappa shape index (κ2) is 7.31. The number of hydrogen-bond donors (Lipinski definition) is 3. The van der Waals surface area contributed by atoms with Crippen LogP contribution >= 0.6 is 23.2 Å². The van der Waals surface area contributed by atoms with Crippen molar-refractivity contribution in [3.63, 3.8) is 0 Å². The van der Waals surface area contributed by atoms with E-state index in [1.54, 1.807) is 18.2 Å². The quantitative estimate of drug-likeness (QED) is 0.801. The molecule has 21 heavy (non-hydrogen) atoms. The lowest BCUT2D eigenvalue weighted by Crippen LogP contribution is -2.28. The first kappa shape index (κ1) is 15.6. The van der Waals surface area contributed by atoms with Crippen molar-refractivity contribution in [3.8, 4) is 0 Å². The molecule has 0 bridgehead atoms. The van der Waals surface area contributed by atoms with Gasteiger partial charge in [-0.05, 0) is 29.3 Å². The van der Waals surface area contributed by atoms with Crippen molar-refractivity contribution < 1.29 is 4.79 Å². The molecule has 0 unspecified atom stereocenters. The predicted octanol–water partition coefficient (Wildman–Crippen LogP) is 3.77. The Morgan fingerprint density at radius 3 is 2.52 bits per heavy atom. The van der Waals surface area contributed by atoms with E-state index in [-0.39, 0.29) is 6.03 Å². The smallest absolute Gasteiger partial charge is 0.319 e. The Kier molecular flexibility index (Phi) is 5.44. The Hall–Kier alpha value is -1.75. The van der Waals surface area contributed by atoms with Gasteiger partial charge in [-0.15, -0.1) is 0 Å². The number of hydrogen-bond acceptors (Lipinski definition) is 2. The molecule has 4 N–H and O–H groups in total. The summed E-state index contributed by atoms with van der Waals surface area (Å²) in [6, 6.07) is 12.2. The molecule has 2 aromatic rings. The first-order chi connectivity index (χ1) is 10.1. The molecule has 2 amide bonds. The van der Waals surface area contributed by atoms with Gasteiger partial charge in [0.1, 0.15) is 0 Å². The van der Waals surface area contributed by atoms with Gasteiger partial charge in [-0.1, -0.05) is 47.5 Å². The molecule has 0 aliphatic carbocycles. The average molecular weight is 324 g/mol. The number of benzene rings is 2. The normalized spacial score (nSPS) is 10.2. The highest BCUT2D eigenvalue weighted by Gasteiger charge is 2.07. The minimum atomic E-state index is -0.356. The van der Waals surface area contributed by atoms with Crippen LogP contribution in [-0.4, -0.2) is 6.03 Å². The standard InChI is InChI=1S/C15H15Cl2N3O/c16-12-5-6-13(17)14(7-12)20-15(21)19-9-11-4-2-1-3-10(11)8-18/h1-7H,8-9,18H2,(H2,19,20,21). The van der Waals surface area contributed by atoms with Crippen molar-refractivity contribution in [2.45, 2.75) is 13.1 Å². The van der Waals surface area contributed by atoms with Crippen LogP contribution in [0.15, 0.2) is 42.5 Å². The average Bonchev–Trinajstić information content (AvgIpc) is 2.49. The lowest BCUT2D eigenvalue weighted by atomic mass is 10.1. The Morgan fingerprint density at radius 1 is 1.10 bits per heavy atom.